The Morgan fingerprint density at radius 2 is 2.13 bits per heavy atom. The molecule has 0 aliphatic heterocycles. The van der Waals surface area contributed by atoms with Crippen LogP contribution in [0, 0.1) is 11.3 Å². The average molecular weight is 223 g/mol. The summed E-state index contributed by atoms with van der Waals surface area (Å²) in [6, 6.07) is 10.9. The first-order valence-corrected chi connectivity index (χ1v) is 4.93. The second-order valence-corrected chi connectivity index (χ2v) is 3.45. The maximum Gasteiger partial charge on any atom is 0.237 e. The molecule has 0 N–H and O–H groups in total. The smallest absolute Gasteiger partial charge is 0.237 e. The molecule has 0 bridgehead atoms. The molecule has 0 aromatic heterocycles. The zero-order valence-electron chi connectivity index (χ0n) is 8.04. The standard InChI is InChI=1S/C10H9NO3S/c1-8(12)10(7-11)13-14-15-9-5-3-2-4-6-9/h2-6,10H,1H3. The molecule has 0 spiro atoms. The predicted molar refractivity (Wildman–Crippen MR) is 54.6 cm³/mol. The van der Waals surface area contributed by atoms with Crippen molar-refractivity contribution < 1.29 is 14.0 Å². The number of hydrogen-bond donors (Lipinski definition) is 0. The number of rotatable bonds is 5. The van der Waals surface area contributed by atoms with Gasteiger partial charge in [0.25, 0.3) is 0 Å². The van der Waals surface area contributed by atoms with Crippen LogP contribution in [-0.2, 0) is 14.0 Å². The first-order chi connectivity index (χ1) is 7.24. The van der Waals surface area contributed by atoms with Crippen molar-refractivity contribution in [2.75, 3.05) is 0 Å². The molecule has 0 amide bonds. The van der Waals surface area contributed by atoms with E-state index in [0.29, 0.717) is 0 Å². The van der Waals surface area contributed by atoms with Crippen LogP contribution in [0.2, 0.25) is 0 Å². The normalized spacial score (nSPS) is 11.7. The van der Waals surface area contributed by atoms with Gasteiger partial charge in [0.2, 0.25) is 6.10 Å². The molecule has 5 heteroatoms. The molecular weight excluding hydrogens is 214 g/mol. The van der Waals surface area contributed by atoms with Gasteiger partial charge in [-0.2, -0.15) is 14.5 Å². The van der Waals surface area contributed by atoms with Gasteiger partial charge < -0.3 is 0 Å². The Hall–Kier alpha value is -1.35. The second kappa shape index (κ2) is 6.19. The summed E-state index contributed by atoms with van der Waals surface area (Å²) in [5.74, 6) is -0.383. The molecule has 78 valence electrons. The van der Waals surface area contributed by atoms with Crippen LogP contribution in [0.25, 0.3) is 0 Å². The van der Waals surface area contributed by atoms with Crippen LogP contribution < -0.4 is 0 Å². The third-order valence-electron chi connectivity index (χ3n) is 1.50. The van der Waals surface area contributed by atoms with Crippen LogP contribution in [0.1, 0.15) is 6.92 Å². The Bertz CT molecular complexity index is 361. The monoisotopic (exact) mass is 223 g/mol. The van der Waals surface area contributed by atoms with E-state index in [1.807, 2.05) is 30.3 Å². The average Bonchev–Trinajstić information content (AvgIpc) is 2.25. The molecule has 0 saturated carbocycles. The van der Waals surface area contributed by atoms with Crippen molar-refractivity contribution >= 4 is 17.8 Å². The summed E-state index contributed by atoms with van der Waals surface area (Å²) in [7, 11) is 0. The largest absolute Gasteiger partial charge is 0.296 e. The van der Waals surface area contributed by atoms with Crippen molar-refractivity contribution in [3.8, 4) is 6.07 Å². The highest BCUT2D eigenvalue weighted by Gasteiger charge is 2.14. The Morgan fingerprint density at radius 1 is 1.47 bits per heavy atom. The lowest BCUT2D eigenvalue weighted by Gasteiger charge is -2.04. The number of Topliss-reactive ketones (excluding diaryl/α,β-unsaturated/α-hetero) is 1. The lowest BCUT2D eigenvalue weighted by molar-refractivity contribution is -0.212. The molecule has 1 rings (SSSR count). The highest BCUT2D eigenvalue weighted by Crippen LogP contribution is 2.18. The zero-order valence-corrected chi connectivity index (χ0v) is 8.86. The lowest BCUT2D eigenvalue weighted by atomic mass is 10.3. The van der Waals surface area contributed by atoms with Gasteiger partial charge in [-0.3, -0.25) is 4.79 Å². The van der Waals surface area contributed by atoms with Gasteiger partial charge in [-0.1, -0.05) is 18.2 Å². The van der Waals surface area contributed by atoms with E-state index in [2.05, 4.69) is 4.89 Å². The third-order valence-corrected chi connectivity index (χ3v) is 2.11. The SMILES string of the molecule is CC(=O)C(C#N)OOSc1ccccc1. The van der Waals surface area contributed by atoms with E-state index in [1.54, 1.807) is 6.07 Å². The van der Waals surface area contributed by atoms with Gasteiger partial charge in [0, 0.05) is 4.90 Å². The predicted octanol–water partition coefficient (Wildman–Crippen LogP) is 2.12. The molecule has 1 atom stereocenters. The maximum atomic E-state index is 10.8. The van der Waals surface area contributed by atoms with Crippen molar-refractivity contribution in [2.24, 2.45) is 0 Å². The molecule has 0 aliphatic rings. The number of ketones is 1. The summed E-state index contributed by atoms with van der Waals surface area (Å²) in [6.07, 6.45) is -1.17. The van der Waals surface area contributed by atoms with Crippen LogP contribution in [0.3, 0.4) is 0 Å². The van der Waals surface area contributed by atoms with Crippen LogP contribution in [0.15, 0.2) is 35.2 Å². The van der Waals surface area contributed by atoms with Crippen LogP contribution in [0.5, 0.6) is 0 Å². The Balaban J connectivity index is 2.34. The molecule has 0 radical (unpaired) electrons. The van der Waals surface area contributed by atoms with E-state index in [9.17, 15) is 4.79 Å². The molecule has 0 saturated heterocycles. The van der Waals surface area contributed by atoms with Crippen LogP contribution in [-0.4, -0.2) is 11.9 Å². The van der Waals surface area contributed by atoms with Crippen molar-refractivity contribution in [2.45, 2.75) is 17.9 Å². The second-order valence-electron chi connectivity index (χ2n) is 2.68. The number of hydrogen-bond acceptors (Lipinski definition) is 5. The van der Waals surface area contributed by atoms with E-state index in [-0.39, 0.29) is 5.78 Å². The first-order valence-electron chi connectivity index (χ1n) is 4.19. The van der Waals surface area contributed by atoms with E-state index in [1.165, 1.54) is 6.92 Å². The minimum atomic E-state index is -1.17. The summed E-state index contributed by atoms with van der Waals surface area (Å²) in [4.78, 5) is 16.2. The van der Waals surface area contributed by atoms with Gasteiger partial charge in [0.1, 0.15) is 6.07 Å². The number of benzene rings is 1. The molecule has 1 unspecified atom stereocenters. The molecule has 1 aromatic carbocycles. The molecule has 0 fully saturated rings. The fourth-order valence-electron chi connectivity index (χ4n) is 0.754. The number of carbonyl (C=O) groups excluding carboxylic acids is 1. The molecule has 0 heterocycles. The van der Waals surface area contributed by atoms with E-state index >= 15 is 0 Å². The van der Waals surface area contributed by atoms with E-state index < -0.39 is 6.10 Å². The van der Waals surface area contributed by atoms with Crippen LogP contribution in [0.4, 0.5) is 0 Å². The number of nitriles is 1. The van der Waals surface area contributed by atoms with Gasteiger partial charge in [0.15, 0.2) is 5.78 Å². The molecule has 1 aromatic rings. The highest BCUT2D eigenvalue weighted by molar-refractivity contribution is 7.94. The fraction of sp³-hybridized carbons (Fsp3) is 0.200. The lowest BCUT2D eigenvalue weighted by Crippen LogP contribution is -2.18. The van der Waals surface area contributed by atoms with E-state index in [4.69, 9.17) is 9.60 Å². The van der Waals surface area contributed by atoms with E-state index in [0.717, 1.165) is 16.9 Å². The quantitative estimate of drug-likeness (QED) is 0.434. The number of carbonyl (C=O) groups is 1. The van der Waals surface area contributed by atoms with Crippen molar-refractivity contribution in [1.29, 1.82) is 5.26 Å². The van der Waals surface area contributed by atoms with Crippen LogP contribution >= 0.6 is 12.0 Å². The summed E-state index contributed by atoms with van der Waals surface area (Å²) in [5.41, 5.74) is 0. The fourth-order valence-corrected chi connectivity index (χ4v) is 1.22. The Labute approximate surface area is 91.9 Å². The van der Waals surface area contributed by atoms with Crippen molar-refractivity contribution in [3.05, 3.63) is 30.3 Å². The number of nitrogens with zero attached hydrogens (tertiary/aromatic N) is 1. The van der Waals surface area contributed by atoms with Gasteiger partial charge in [0.05, 0.1) is 12.0 Å². The summed E-state index contributed by atoms with van der Waals surface area (Å²) < 4.78 is 4.71. The third kappa shape index (κ3) is 4.13. The summed E-state index contributed by atoms with van der Waals surface area (Å²) in [6.45, 7) is 1.27. The minimum Gasteiger partial charge on any atom is -0.296 e. The summed E-state index contributed by atoms with van der Waals surface area (Å²) >= 11 is 0.956. The molecule has 0 aliphatic carbocycles. The van der Waals surface area contributed by atoms with Crippen molar-refractivity contribution in [3.63, 3.8) is 0 Å². The Kier molecular flexibility index (Phi) is 4.84. The maximum absolute atomic E-state index is 10.8. The van der Waals surface area contributed by atoms with Gasteiger partial charge in [-0.25, -0.2) is 0 Å². The summed E-state index contributed by atoms with van der Waals surface area (Å²) in [5, 5.41) is 8.51. The first kappa shape index (κ1) is 11.7. The topological polar surface area (TPSA) is 59.3 Å². The highest BCUT2D eigenvalue weighted by atomic mass is 32.2. The molecule has 15 heavy (non-hydrogen) atoms. The minimum absolute atomic E-state index is 0.383. The van der Waals surface area contributed by atoms with Gasteiger partial charge >= 0.3 is 0 Å². The molecular formula is C10H9NO3S. The molecule has 4 nitrogen and oxygen atoms in total. The van der Waals surface area contributed by atoms with Gasteiger partial charge in [-0.15, -0.1) is 0 Å². The Morgan fingerprint density at radius 3 is 2.67 bits per heavy atom. The van der Waals surface area contributed by atoms with Crippen molar-refractivity contribution in [1.82, 2.24) is 0 Å². The van der Waals surface area contributed by atoms with Gasteiger partial charge in [-0.05, 0) is 19.1 Å². The zero-order chi connectivity index (χ0) is 11.1.